The summed E-state index contributed by atoms with van der Waals surface area (Å²) in [6.07, 6.45) is 6.66. The summed E-state index contributed by atoms with van der Waals surface area (Å²) in [6, 6.07) is 0. The van der Waals surface area contributed by atoms with Crippen LogP contribution in [0.3, 0.4) is 0 Å². The minimum absolute atomic E-state index is 0.0723. The van der Waals surface area contributed by atoms with Crippen molar-refractivity contribution in [3.05, 3.63) is 0 Å². The molecule has 2 fully saturated rings. The number of rotatable bonds is 10. The highest BCUT2D eigenvalue weighted by atomic mass is 32.1. The van der Waals surface area contributed by atoms with Crippen LogP contribution >= 0.6 is 11.3 Å². The Kier molecular flexibility index (Phi) is 8.87. The number of likely N-dealkylation sites (N-methyl/N-ethyl adjacent to an activating group) is 1. The summed E-state index contributed by atoms with van der Waals surface area (Å²) in [5.74, 6) is 0.400. The van der Waals surface area contributed by atoms with Crippen LogP contribution in [-0.4, -0.2) is 72.7 Å². The van der Waals surface area contributed by atoms with E-state index < -0.39 is 0 Å². The molecule has 2 aliphatic heterocycles. The largest absolute Gasteiger partial charge is 0.355 e. The summed E-state index contributed by atoms with van der Waals surface area (Å²) < 4.78 is 0. The topological polar surface area (TPSA) is 81.7 Å². The molecule has 2 saturated heterocycles. The van der Waals surface area contributed by atoms with Crippen LogP contribution in [0.2, 0.25) is 0 Å². The lowest BCUT2D eigenvalue weighted by atomic mass is 9.96. The van der Waals surface area contributed by atoms with Gasteiger partial charge in [0.2, 0.25) is 22.1 Å². The quantitative estimate of drug-likeness (QED) is 0.607. The number of anilines is 2. The van der Waals surface area contributed by atoms with Gasteiger partial charge in [-0.1, -0.05) is 31.6 Å². The Morgan fingerprint density at radius 3 is 2.60 bits per heavy atom. The van der Waals surface area contributed by atoms with E-state index in [4.69, 9.17) is 0 Å². The van der Waals surface area contributed by atoms with E-state index >= 15 is 0 Å². The predicted octanol–water partition coefficient (Wildman–Crippen LogP) is 2.51. The van der Waals surface area contributed by atoms with Crippen molar-refractivity contribution >= 4 is 33.4 Å². The van der Waals surface area contributed by atoms with Crippen LogP contribution in [0.25, 0.3) is 0 Å². The molecule has 0 aliphatic carbocycles. The number of amides is 2. The van der Waals surface area contributed by atoms with Crippen molar-refractivity contribution in [3.8, 4) is 0 Å². The molecule has 3 heterocycles. The van der Waals surface area contributed by atoms with Crippen molar-refractivity contribution in [2.24, 2.45) is 5.92 Å². The molecule has 0 bridgehead atoms. The van der Waals surface area contributed by atoms with Crippen LogP contribution in [0.1, 0.15) is 58.8 Å². The third kappa shape index (κ3) is 6.14. The summed E-state index contributed by atoms with van der Waals surface area (Å²) in [6.45, 7) is 10.5. The average Bonchev–Trinajstić information content (AvgIpc) is 3.26. The molecule has 0 aromatic carbocycles. The highest BCUT2D eigenvalue weighted by Gasteiger charge is 2.28. The molecule has 2 aliphatic rings. The van der Waals surface area contributed by atoms with E-state index in [2.05, 4.69) is 39.2 Å². The Balaban J connectivity index is 1.41. The molecule has 9 heteroatoms. The molecule has 168 valence electrons. The van der Waals surface area contributed by atoms with E-state index in [1.54, 1.807) is 4.90 Å². The summed E-state index contributed by atoms with van der Waals surface area (Å²) in [4.78, 5) is 31.0. The van der Waals surface area contributed by atoms with E-state index in [9.17, 15) is 9.59 Å². The van der Waals surface area contributed by atoms with Gasteiger partial charge in [-0.2, -0.15) is 0 Å². The fourth-order valence-corrected chi connectivity index (χ4v) is 5.02. The lowest BCUT2D eigenvalue weighted by molar-refractivity contribution is -0.125. The van der Waals surface area contributed by atoms with Crippen LogP contribution in [0, 0.1) is 5.92 Å². The van der Waals surface area contributed by atoms with Crippen LogP contribution in [0.4, 0.5) is 10.3 Å². The van der Waals surface area contributed by atoms with Crippen LogP contribution < -0.4 is 15.1 Å². The van der Waals surface area contributed by atoms with Crippen LogP contribution in [-0.2, 0) is 9.59 Å². The molecule has 0 saturated carbocycles. The molecule has 0 unspecified atom stereocenters. The zero-order valence-corrected chi connectivity index (χ0v) is 19.3. The number of aromatic nitrogens is 2. The predicted molar refractivity (Wildman–Crippen MR) is 121 cm³/mol. The van der Waals surface area contributed by atoms with Gasteiger partial charge in [-0.05, 0) is 45.2 Å². The van der Waals surface area contributed by atoms with E-state index in [1.807, 2.05) is 0 Å². The normalized spacial score (nSPS) is 18.3. The molecule has 1 aromatic rings. The second-order valence-corrected chi connectivity index (χ2v) is 9.14. The van der Waals surface area contributed by atoms with Crippen molar-refractivity contribution in [3.63, 3.8) is 0 Å². The zero-order chi connectivity index (χ0) is 21.3. The average molecular weight is 437 g/mol. The lowest BCUT2D eigenvalue weighted by Gasteiger charge is -2.31. The van der Waals surface area contributed by atoms with Gasteiger partial charge in [0.1, 0.15) is 0 Å². The molecular formula is C21H36N6O2S. The second kappa shape index (κ2) is 11.6. The summed E-state index contributed by atoms with van der Waals surface area (Å²) in [7, 11) is 0. The molecule has 0 radical (unpaired) electrons. The molecule has 3 rings (SSSR count). The Bertz CT molecular complexity index is 689. The van der Waals surface area contributed by atoms with Gasteiger partial charge in [-0.3, -0.25) is 14.5 Å². The molecule has 0 spiro atoms. The van der Waals surface area contributed by atoms with Gasteiger partial charge in [0, 0.05) is 45.1 Å². The van der Waals surface area contributed by atoms with Gasteiger partial charge < -0.3 is 15.1 Å². The maximum Gasteiger partial charge on any atom is 0.228 e. The number of hydrogen-bond acceptors (Lipinski definition) is 7. The van der Waals surface area contributed by atoms with Crippen molar-refractivity contribution in [2.45, 2.75) is 58.8 Å². The third-order valence-electron chi connectivity index (χ3n) is 6.10. The zero-order valence-electron chi connectivity index (χ0n) is 18.4. The smallest absolute Gasteiger partial charge is 0.228 e. The Labute approximate surface area is 184 Å². The number of carbonyl (C=O) groups is 2. The first-order chi connectivity index (χ1) is 14.6. The Hall–Kier alpha value is -1.74. The highest BCUT2D eigenvalue weighted by molar-refractivity contribution is 7.19. The first-order valence-corrected chi connectivity index (χ1v) is 12.3. The van der Waals surface area contributed by atoms with E-state index in [0.29, 0.717) is 11.6 Å². The molecule has 1 aromatic heterocycles. The van der Waals surface area contributed by atoms with Crippen LogP contribution in [0.15, 0.2) is 0 Å². The van der Waals surface area contributed by atoms with Gasteiger partial charge in [0.25, 0.3) is 0 Å². The van der Waals surface area contributed by atoms with Crippen molar-refractivity contribution in [1.29, 1.82) is 0 Å². The lowest BCUT2D eigenvalue weighted by Crippen LogP contribution is -2.42. The van der Waals surface area contributed by atoms with Gasteiger partial charge in [0.05, 0.1) is 0 Å². The minimum Gasteiger partial charge on any atom is -0.355 e. The monoisotopic (exact) mass is 436 g/mol. The first-order valence-electron chi connectivity index (χ1n) is 11.5. The number of piperidine rings is 2. The molecule has 30 heavy (non-hydrogen) atoms. The summed E-state index contributed by atoms with van der Waals surface area (Å²) in [5.41, 5.74) is 0. The second-order valence-electron chi connectivity index (χ2n) is 8.21. The van der Waals surface area contributed by atoms with Gasteiger partial charge >= 0.3 is 0 Å². The van der Waals surface area contributed by atoms with Gasteiger partial charge in [-0.15, -0.1) is 10.2 Å². The number of hydrogen-bond donors (Lipinski definition) is 1. The Morgan fingerprint density at radius 1 is 1.13 bits per heavy atom. The maximum absolute atomic E-state index is 12.6. The minimum atomic E-state index is 0.0723. The molecular weight excluding hydrogens is 400 g/mol. The summed E-state index contributed by atoms with van der Waals surface area (Å²) >= 11 is 1.49. The fraction of sp³-hybridized carbons (Fsp3) is 0.810. The highest BCUT2D eigenvalue weighted by Crippen LogP contribution is 2.31. The first kappa shape index (κ1) is 22.9. The fourth-order valence-electron chi connectivity index (χ4n) is 4.08. The number of carbonyl (C=O) groups excluding carboxylic acids is 2. The van der Waals surface area contributed by atoms with Gasteiger partial charge in [0.15, 0.2) is 0 Å². The Morgan fingerprint density at radius 2 is 1.90 bits per heavy atom. The summed E-state index contributed by atoms with van der Waals surface area (Å²) in [5, 5.41) is 13.3. The van der Waals surface area contributed by atoms with Crippen molar-refractivity contribution < 1.29 is 9.59 Å². The van der Waals surface area contributed by atoms with Crippen molar-refractivity contribution in [2.75, 3.05) is 55.6 Å². The van der Waals surface area contributed by atoms with E-state index in [0.717, 1.165) is 76.6 Å². The van der Waals surface area contributed by atoms with Crippen LogP contribution in [0.5, 0.6) is 0 Å². The SMILES string of the molecule is CCCCN(CC)CCNC(=O)C1CCN(c2nnc(N3CCCCC3=O)s2)CC1. The maximum atomic E-state index is 12.6. The van der Waals surface area contributed by atoms with Gasteiger partial charge in [-0.25, -0.2) is 0 Å². The standard InChI is InChI=1S/C21H36N6O2S/c1-3-5-12-25(4-2)16-11-22-19(29)17-9-14-26(15-10-17)20-23-24-21(30-20)27-13-7-6-8-18(27)28/h17H,3-16H2,1-2H3,(H,22,29). The number of unbranched alkanes of at least 4 members (excludes halogenated alkanes) is 1. The number of nitrogens with zero attached hydrogens (tertiary/aromatic N) is 5. The molecule has 1 N–H and O–H groups in total. The third-order valence-corrected chi connectivity index (χ3v) is 7.10. The van der Waals surface area contributed by atoms with E-state index in [1.165, 1.54) is 24.2 Å². The van der Waals surface area contributed by atoms with E-state index in [-0.39, 0.29) is 17.7 Å². The van der Waals surface area contributed by atoms with Crippen molar-refractivity contribution in [1.82, 2.24) is 20.4 Å². The molecule has 8 nitrogen and oxygen atoms in total. The molecule has 2 amide bonds. The molecule has 0 atom stereocenters. The number of nitrogens with one attached hydrogen (secondary N) is 1.